The molecule has 5 nitrogen and oxygen atoms in total. The number of nitrogens with zero attached hydrogens (tertiary/aromatic N) is 2. The third-order valence-electron chi connectivity index (χ3n) is 2.18. The first-order valence-electron chi connectivity index (χ1n) is 5.22. The fourth-order valence-corrected chi connectivity index (χ4v) is 1.58. The Morgan fingerprint density at radius 3 is 2.47 bits per heavy atom. The Bertz CT molecular complexity index is 507. The number of rotatable bonds is 3. The topological polar surface area (TPSA) is 73.1 Å². The largest absolute Gasteiger partial charge is 0.437 e. The van der Waals surface area contributed by atoms with Crippen LogP contribution in [0.5, 0.6) is 11.6 Å². The number of nitrogens with two attached hydrogens (primary N) is 1. The van der Waals surface area contributed by atoms with E-state index in [1.807, 2.05) is 26.0 Å². The smallest absolute Gasteiger partial charge is 0.239 e. The first-order valence-corrected chi connectivity index (χ1v) is 5.22. The molecule has 1 heterocycles. The summed E-state index contributed by atoms with van der Waals surface area (Å²) >= 11 is 0. The highest BCUT2D eigenvalue weighted by molar-refractivity contribution is 5.37. The van der Waals surface area contributed by atoms with Crippen LogP contribution < -0.4 is 16.0 Å². The monoisotopic (exact) mass is 230 g/mol. The minimum Gasteiger partial charge on any atom is -0.437 e. The molecule has 2 rings (SSSR count). The van der Waals surface area contributed by atoms with Gasteiger partial charge in [-0.3, -0.25) is 4.98 Å². The van der Waals surface area contributed by atoms with Gasteiger partial charge in [-0.2, -0.15) is 4.98 Å². The van der Waals surface area contributed by atoms with Gasteiger partial charge in [0.05, 0.1) is 12.4 Å². The number of anilines is 1. The van der Waals surface area contributed by atoms with Gasteiger partial charge in [0.15, 0.2) is 5.82 Å². The summed E-state index contributed by atoms with van der Waals surface area (Å²) in [5, 5.41) is 0. The summed E-state index contributed by atoms with van der Waals surface area (Å²) in [6.45, 7) is 4.03. The predicted octanol–water partition coefficient (Wildman–Crippen LogP) is 2.17. The van der Waals surface area contributed by atoms with Crippen molar-refractivity contribution in [3.05, 3.63) is 41.7 Å². The lowest BCUT2D eigenvalue weighted by Crippen LogP contribution is -2.09. The van der Waals surface area contributed by atoms with E-state index < -0.39 is 0 Å². The Kier molecular flexibility index (Phi) is 3.20. The number of ether oxygens (including phenoxy) is 1. The Balaban J connectivity index is 2.24. The molecule has 0 fully saturated rings. The number of aromatic nitrogens is 2. The number of aryl methyl sites for hydroxylation is 2. The standard InChI is InChI=1S/C12H14N4O/c1-8-3-9(2)5-10(4-8)17-12-7-14-6-11(15-12)16-13/h3-7H,13H2,1-2H3,(H,15,16). The molecule has 88 valence electrons. The summed E-state index contributed by atoms with van der Waals surface area (Å²) in [6, 6.07) is 5.96. The van der Waals surface area contributed by atoms with Gasteiger partial charge >= 0.3 is 0 Å². The van der Waals surface area contributed by atoms with Gasteiger partial charge in [0, 0.05) is 0 Å². The molecule has 0 saturated heterocycles. The van der Waals surface area contributed by atoms with E-state index >= 15 is 0 Å². The average Bonchev–Trinajstić information content (AvgIpc) is 2.28. The van der Waals surface area contributed by atoms with E-state index in [4.69, 9.17) is 10.6 Å². The summed E-state index contributed by atoms with van der Waals surface area (Å²) in [7, 11) is 0. The van der Waals surface area contributed by atoms with Gasteiger partial charge in [0.2, 0.25) is 5.88 Å². The van der Waals surface area contributed by atoms with E-state index in [1.165, 1.54) is 6.20 Å². The zero-order valence-corrected chi connectivity index (χ0v) is 9.77. The summed E-state index contributed by atoms with van der Waals surface area (Å²) in [4.78, 5) is 8.09. The molecular formula is C12H14N4O. The number of nitrogens with one attached hydrogen (secondary N) is 1. The quantitative estimate of drug-likeness (QED) is 0.624. The van der Waals surface area contributed by atoms with Gasteiger partial charge in [-0.1, -0.05) is 6.07 Å². The third-order valence-corrected chi connectivity index (χ3v) is 2.18. The van der Waals surface area contributed by atoms with Gasteiger partial charge in [0.25, 0.3) is 0 Å². The van der Waals surface area contributed by atoms with Crippen LogP contribution in [0.4, 0.5) is 5.82 Å². The van der Waals surface area contributed by atoms with Crippen LogP contribution in [0.25, 0.3) is 0 Å². The first kappa shape index (κ1) is 11.3. The molecule has 0 saturated carbocycles. The first-order chi connectivity index (χ1) is 8.17. The molecule has 0 amide bonds. The molecule has 3 N–H and O–H groups in total. The number of benzene rings is 1. The Labute approximate surface area is 99.6 Å². The Morgan fingerprint density at radius 2 is 1.82 bits per heavy atom. The zero-order valence-electron chi connectivity index (χ0n) is 9.77. The van der Waals surface area contributed by atoms with E-state index in [9.17, 15) is 0 Å². The average molecular weight is 230 g/mol. The van der Waals surface area contributed by atoms with Crippen molar-refractivity contribution in [1.82, 2.24) is 9.97 Å². The van der Waals surface area contributed by atoms with E-state index in [-0.39, 0.29) is 0 Å². The van der Waals surface area contributed by atoms with E-state index in [0.29, 0.717) is 11.7 Å². The SMILES string of the molecule is Cc1cc(C)cc(Oc2cncc(NN)n2)c1. The molecule has 1 aromatic heterocycles. The highest BCUT2D eigenvalue weighted by Gasteiger charge is 2.02. The summed E-state index contributed by atoms with van der Waals surface area (Å²) in [6.07, 6.45) is 3.06. The number of hydrazine groups is 1. The second-order valence-corrected chi connectivity index (χ2v) is 3.81. The van der Waals surface area contributed by atoms with Crippen molar-refractivity contribution in [3.8, 4) is 11.6 Å². The number of nitrogen functional groups attached to an aromatic ring is 1. The molecule has 17 heavy (non-hydrogen) atoms. The summed E-state index contributed by atoms with van der Waals surface area (Å²) < 4.78 is 5.61. The van der Waals surface area contributed by atoms with E-state index in [1.54, 1.807) is 6.20 Å². The third kappa shape index (κ3) is 2.92. The van der Waals surface area contributed by atoms with Crippen LogP contribution in [0.3, 0.4) is 0 Å². The van der Waals surface area contributed by atoms with Gasteiger partial charge in [0.1, 0.15) is 5.75 Å². The molecule has 0 aliphatic heterocycles. The van der Waals surface area contributed by atoms with Crippen molar-refractivity contribution >= 4 is 5.82 Å². The highest BCUT2D eigenvalue weighted by atomic mass is 16.5. The maximum Gasteiger partial charge on any atom is 0.239 e. The molecule has 0 bridgehead atoms. The minimum atomic E-state index is 0.408. The van der Waals surface area contributed by atoms with Crippen LogP contribution in [-0.2, 0) is 0 Å². The molecule has 0 atom stereocenters. The van der Waals surface area contributed by atoms with Crippen LogP contribution in [0.2, 0.25) is 0 Å². The molecular weight excluding hydrogens is 216 g/mol. The summed E-state index contributed by atoms with van der Waals surface area (Å²) in [5.41, 5.74) is 4.70. The lowest BCUT2D eigenvalue weighted by molar-refractivity contribution is 0.460. The molecule has 0 unspecified atom stereocenters. The van der Waals surface area contributed by atoms with Crippen molar-refractivity contribution in [2.24, 2.45) is 5.84 Å². The highest BCUT2D eigenvalue weighted by Crippen LogP contribution is 2.22. The van der Waals surface area contributed by atoms with Crippen molar-refractivity contribution in [2.75, 3.05) is 5.43 Å². The lowest BCUT2D eigenvalue weighted by atomic mass is 10.1. The van der Waals surface area contributed by atoms with Crippen molar-refractivity contribution in [3.63, 3.8) is 0 Å². The van der Waals surface area contributed by atoms with Gasteiger partial charge < -0.3 is 10.2 Å². The van der Waals surface area contributed by atoms with Crippen LogP contribution in [0.1, 0.15) is 11.1 Å². The fraction of sp³-hybridized carbons (Fsp3) is 0.167. The molecule has 5 heteroatoms. The molecule has 0 spiro atoms. The van der Waals surface area contributed by atoms with Crippen LogP contribution in [-0.4, -0.2) is 9.97 Å². The molecule has 1 aromatic carbocycles. The zero-order chi connectivity index (χ0) is 12.3. The normalized spacial score (nSPS) is 10.1. The van der Waals surface area contributed by atoms with Crippen molar-refractivity contribution in [2.45, 2.75) is 13.8 Å². The predicted molar refractivity (Wildman–Crippen MR) is 65.8 cm³/mol. The molecule has 0 aliphatic rings. The fourth-order valence-electron chi connectivity index (χ4n) is 1.58. The van der Waals surface area contributed by atoms with E-state index in [0.717, 1.165) is 16.9 Å². The van der Waals surface area contributed by atoms with Gasteiger partial charge in [-0.15, -0.1) is 0 Å². The van der Waals surface area contributed by atoms with Crippen molar-refractivity contribution < 1.29 is 4.74 Å². The van der Waals surface area contributed by atoms with Gasteiger partial charge in [-0.25, -0.2) is 5.84 Å². The lowest BCUT2D eigenvalue weighted by Gasteiger charge is -2.07. The number of hydrogen-bond acceptors (Lipinski definition) is 5. The number of hydrogen-bond donors (Lipinski definition) is 2. The van der Waals surface area contributed by atoms with E-state index in [2.05, 4.69) is 21.5 Å². The van der Waals surface area contributed by atoms with Gasteiger partial charge in [-0.05, 0) is 37.1 Å². The van der Waals surface area contributed by atoms with Crippen LogP contribution >= 0.6 is 0 Å². The second-order valence-electron chi connectivity index (χ2n) is 3.81. The van der Waals surface area contributed by atoms with Crippen molar-refractivity contribution in [1.29, 1.82) is 0 Å². The molecule has 0 radical (unpaired) electrons. The Morgan fingerprint density at radius 1 is 1.12 bits per heavy atom. The minimum absolute atomic E-state index is 0.408. The molecule has 2 aromatic rings. The second kappa shape index (κ2) is 4.80. The molecule has 0 aliphatic carbocycles. The summed E-state index contributed by atoms with van der Waals surface area (Å²) in [5.74, 6) is 6.87. The van der Waals surface area contributed by atoms with Crippen LogP contribution in [0, 0.1) is 13.8 Å². The Hall–Kier alpha value is -2.14. The maximum atomic E-state index is 5.61. The van der Waals surface area contributed by atoms with Crippen LogP contribution in [0.15, 0.2) is 30.6 Å². The maximum absolute atomic E-state index is 5.61.